The van der Waals surface area contributed by atoms with Crippen LogP contribution in [0.1, 0.15) is 63.4 Å². The molecule has 2 aromatic carbocycles. The maximum atomic E-state index is 12.3. The Bertz CT molecular complexity index is 1030. The number of aryl methyl sites for hydroxylation is 1. The zero-order valence-electron chi connectivity index (χ0n) is 22.8. The van der Waals surface area contributed by atoms with Crippen LogP contribution in [0.5, 0.6) is 0 Å². The van der Waals surface area contributed by atoms with Crippen LogP contribution in [0.2, 0.25) is 0 Å². The van der Waals surface area contributed by atoms with Gasteiger partial charge in [-0.15, -0.1) is 0 Å². The minimum absolute atomic E-state index is 0.00132. The van der Waals surface area contributed by atoms with Gasteiger partial charge in [-0.1, -0.05) is 24.3 Å². The Morgan fingerprint density at radius 2 is 1.63 bits per heavy atom. The predicted molar refractivity (Wildman–Crippen MR) is 150 cm³/mol. The molecule has 0 radical (unpaired) electrons. The highest BCUT2D eigenvalue weighted by Gasteiger charge is 2.38. The molecular formula is C30H43N5O3. The zero-order valence-corrected chi connectivity index (χ0v) is 22.8. The molecule has 1 saturated heterocycles. The molecule has 38 heavy (non-hydrogen) atoms. The van der Waals surface area contributed by atoms with Crippen molar-refractivity contribution < 1.29 is 14.8 Å². The average Bonchev–Trinajstić information content (AvgIpc) is 3.72. The molecule has 1 heterocycles. The molecule has 2 atom stereocenters. The maximum absolute atomic E-state index is 12.3. The highest BCUT2D eigenvalue weighted by atomic mass is 16.5. The van der Waals surface area contributed by atoms with Crippen LogP contribution >= 0.6 is 0 Å². The number of nitrogens with zero attached hydrogens (tertiary/aromatic N) is 2. The van der Waals surface area contributed by atoms with Crippen LogP contribution in [0.25, 0.3) is 0 Å². The number of carbonyl (C=O) groups excluding carboxylic acids is 2. The van der Waals surface area contributed by atoms with E-state index in [1.807, 2.05) is 38.4 Å². The van der Waals surface area contributed by atoms with E-state index in [4.69, 9.17) is 5.21 Å². The van der Waals surface area contributed by atoms with Crippen LogP contribution in [0.15, 0.2) is 48.5 Å². The molecule has 1 aliphatic carbocycles. The number of nitrogens with one attached hydrogen (secondary N) is 3. The van der Waals surface area contributed by atoms with E-state index in [1.165, 1.54) is 30.4 Å². The number of likely N-dealkylation sites (tertiary alicyclic amines) is 1. The molecule has 4 N–H and O–H groups in total. The third-order valence-corrected chi connectivity index (χ3v) is 7.87. The third kappa shape index (κ3) is 8.36. The molecular weight excluding hydrogens is 478 g/mol. The number of likely N-dealkylation sites (N-methyl/N-ethyl adjacent to an activating group) is 1. The SMILES string of the molecule is CN(C)CCNC(=O)c1ccc(C2CC2NCC2CCN(CCCc3ccc(C(=O)NO)cc3)CC2)cc1. The van der Waals surface area contributed by atoms with Crippen molar-refractivity contribution in [2.75, 3.05) is 53.4 Å². The van der Waals surface area contributed by atoms with Gasteiger partial charge < -0.3 is 20.4 Å². The van der Waals surface area contributed by atoms with Gasteiger partial charge in [0.25, 0.3) is 11.8 Å². The third-order valence-electron chi connectivity index (χ3n) is 7.87. The number of piperidine rings is 1. The molecule has 0 spiro atoms. The summed E-state index contributed by atoms with van der Waals surface area (Å²) >= 11 is 0. The maximum Gasteiger partial charge on any atom is 0.274 e. The number of hydrogen-bond donors (Lipinski definition) is 4. The van der Waals surface area contributed by atoms with Crippen molar-refractivity contribution in [2.45, 2.75) is 44.1 Å². The summed E-state index contributed by atoms with van der Waals surface area (Å²) in [5, 5.41) is 15.5. The lowest BCUT2D eigenvalue weighted by atomic mass is 9.96. The second-order valence-electron chi connectivity index (χ2n) is 11.1. The van der Waals surface area contributed by atoms with Gasteiger partial charge in [-0.2, -0.15) is 0 Å². The second kappa shape index (κ2) is 13.8. The van der Waals surface area contributed by atoms with Crippen LogP contribution in [0.4, 0.5) is 0 Å². The molecule has 2 aliphatic rings. The van der Waals surface area contributed by atoms with E-state index < -0.39 is 5.91 Å². The molecule has 0 aromatic heterocycles. The van der Waals surface area contributed by atoms with E-state index in [2.05, 4.69) is 32.6 Å². The van der Waals surface area contributed by atoms with E-state index in [-0.39, 0.29) is 5.91 Å². The summed E-state index contributed by atoms with van der Waals surface area (Å²) in [4.78, 5) is 28.3. The molecule has 8 heteroatoms. The van der Waals surface area contributed by atoms with Crippen molar-refractivity contribution in [3.63, 3.8) is 0 Å². The summed E-state index contributed by atoms with van der Waals surface area (Å²) in [5.41, 5.74) is 5.41. The predicted octanol–water partition coefficient (Wildman–Crippen LogP) is 2.89. The normalized spacial score (nSPS) is 19.9. The topological polar surface area (TPSA) is 96.9 Å². The summed E-state index contributed by atoms with van der Waals surface area (Å²) < 4.78 is 0. The first kappa shape index (κ1) is 28.2. The number of hydroxylamine groups is 1. The van der Waals surface area contributed by atoms with E-state index in [0.717, 1.165) is 57.0 Å². The van der Waals surface area contributed by atoms with Crippen LogP contribution < -0.4 is 16.1 Å². The van der Waals surface area contributed by atoms with Gasteiger partial charge in [-0.3, -0.25) is 14.8 Å². The van der Waals surface area contributed by atoms with Gasteiger partial charge >= 0.3 is 0 Å². The fourth-order valence-corrected chi connectivity index (χ4v) is 5.29. The lowest BCUT2D eigenvalue weighted by Crippen LogP contribution is -2.38. The summed E-state index contributed by atoms with van der Waals surface area (Å²) in [6, 6.07) is 16.1. The van der Waals surface area contributed by atoms with Crippen LogP contribution in [0.3, 0.4) is 0 Å². The Morgan fingerprint density at radius 3 is 2.29 bits per heavy atom. The first-order chi connectivity index (χ1) is 18.4. The van der Waals surface area contributed by atoms with Crippen molar-refractivity contribution in [3.8, 4) is 0 Å². The molecule has 2 unspecified atom stereocenters. The molecule has 206 valence electrons. The lowest BCUT2D eigenvalue weighted by Gasteiger charge is -2.32. The average molecular weight is 522 g/mol. The van der Waals surface area contributed by atoms with Crippen LogP contribution in [0, 0.1) is 5.92 Å². The Kier molecular flexibility index (Phi) is 10.3. The molecule has 1 aliphatic heterocycles. The smallest absolute Gasteiger partial charge is 0.274 e. The van der Waals surface area contributed by atoms with E-state index in [0.29, 0.717) is 24.1 Å². The Morgan fingerprint density at radius 1 is 0.974 bits per heavy atom. The number of carbonyl (C=O) groups is 2. The summed E-state index contributed by atoms with van der Waals surface area (Å²) in [6.07, 6.45) is 5.77. The molecule has 4 rings (SSSR count). The van der Waals surface area contributed by atoms with Crippen molar-refractivity contribution in [1.82, 2.24) is 25.9 Å². The zero-order chi connectivity index (χ0) is 26.9. The van der Waals surface area contributed by atoms with Crippen molar-refractivity contribution in [1.29, 1.82) is 0 Å². The van der Waals surface area contributed by atoms with Gasteiger partial charge in [-0.05, 0) is 114 Å². The van der Waals surface area contributed by atoms with E-state index >= 15 is 0 Å². The van der Waals surface area contributed by atoms with Gasteiger partial charge in [0, 0.05) is 36.2 Å². The van der Waals surface area contributed by atoms with E-state index in [9.17, 15) is 9.59 Å². The number of rotatable bonds is 13. The number of hydrogen-bond acceptors (Lipinski definition) is 6. The van der Waals surface area contributed by atoms with Crippen molar-refractivity contribution >= 4 is 11.8 Å². The Labute approximate surface area is 226 Å². The van der Waals surface area contributed by atoms with E-state index in [1.54, 1.807) is 17.6 Å². The van der Waals surface area contributed by atoms with Gasteiger partial charge in [0.1, 0.15) is 0 Å². The van der Waals surface area contributed by atoms with Gasteiger partial charge in [0.2, 0.25) is 0 Å². The van der Waals surface area contributed by atoms with Crippen LogP contribution in [-0.4, -0.2) is 86.2 Å². The van der Waals surface area contributed by atoms with Gasteiger partial charge in [0.15, 0.2) is 0 Å². The summed E-state index contributed by atoms with van der Waals surface area (Å²) in [7, 11) is 4.00. The van der Waals surface area contributed by atoms with Crippen LogP contribution in [-0.2, 0) is 6.42 Å². The first-order valence-electron chi connectivity index (χ1n) is 13.9. The van der Waals surface area contributed by atoms with Gasteiger partial charge in [-0.25, -0.2) is 5.48 Å². The number of amides is 2. The fourth-order valence-electron chi connectivity index (χ4n) is 5.29. The first-order valence-corrected chi connectivity index (χ1v) is 13.9. The standard InChI is InChI=1S/C30H43N5O3/c1-34(2)19-15-31-29(36)25-11-9-24(10-12-25)27-20-28(27)32-21-23-13-17-35(18-14-23)16-3-4-22-5-7-26(8-6-22)30(37)33-38/h5-12,23,27-28,32,38H,3-4,13-21H2,1-2H3,(H,31,36)(H,33,37). The molecule has 1 saturated carbocycles. The molecule has 0 bridgehead atoms. The lowest BCUT2D eigenvalue weighted by molar-refractivity contribution is 0.0706. The molecule has 8 nitrogen and oxygen atoms in total. The summed E-state index contributed by atoms with van der Waals surface area (Å²) in [6.45, 7) is 6.01. The Hall–Kier alpha value is -2.78. The van der Waals surface area contributed by atoms with Crippen molar-refractivity contribution in [2.24, 2.45) is 5.92 Å². The second-order valence-corrected chi connectivity index (χ2v) is 11.1. The minimum atomic E-state index is -0.475. The van der Waals surface area contributed by atoms with Crippen molar-refractivity contribution in [3.05, 3.63) is 70.8 Å². The number of benzene rings is 2. The Balaban J connectivity index is 1.08. The van der Waals surface area contributed by atoms with Gasteiger partial charge in [0.05, 0.1) is 0 Å². The molecule has 2 aromatic rings. The summed E-state index contributed by atoms with van der Waals surface area (Å²) in [5.74, 6) is 0.829. The fraction of sp³-hybridized carbons (Fsp3) is 0.533. The highest BCUT2D eigenvalue weighted by molar-refractivity contribution is 5.94. The highest BCUT2D eigenvalue weighted by Crippen LogP contribution is 2.41. The quantitative estimate of drug-likeness (QED) is 0.239. The molecule has 2 fully saturated rings. The largest absolute Gasteiger partial charge is 0.351 e. The minimum Gasteiger partial charge on any atom is -0.351 e. The monoisotopic (exact) mass is 521 g/mol. The molecule has 2 amide bonds.